The summed E-state index contributed by atoms with van der Waals surface area (Å²) in [5, 5.41) is 0. The van der Waals surface area contributed by atoms with E-state index < -0.39 is 8.32 Å². The minimum atomic E-state index is -2.64. The molecular formula is C35H38O2Si. The molecule has 7 rings (SSSR count). The van der Waals surface area contributed by atoms with Crippen LogP contribution in [0.5, 0.6) is 0 Å². The molecule has 0 saturated heterocycles. The highest BCUT2D eigenvalue weighted by atomic mass is 28.4. The zero-order chi connectivity index (χ0) is 25.7. The average Bonchev–Trinajstić information content (AvgIpc) is 3.71. The van der Waals surface area contributed by atoms with Gasteiger partial charge < -0.3 is 4.43 Å². The fourth-order valence-corrected chi connectivity index (χ4v) is 13.3. The van der Waals surface area contributed by atoms with Gasteiger partial charge in [-0.2, -0.15) is 0 Å². The molecule has 194 valence electrons. The van der Waals surface area contributed by atoms with Gasteiger partial charge >= 0.3 is 0 Å². The number of allylic oxidation sites excluding steroid dienone is 2. The van der Waals surface area contributed by atoms with Gasteiger partial charge in [0.25, 0.3) is 14.3 Å². The number of hydrogen-bond donors (Lipinski definition) is 0. The summed E-state index contributed by atoms with van der Waals surface area (Å²) in [4.78, 5) is 14.5. The molecule has 4 aliphatic carbocycles. The zero-order valence-corrected chi connectivity index (χ0v) is 23.3. The first-order valence-corrected chi connectivity index (χ1v) is 17.1. The summed E-state index contributed by atoms with van der Waals surface area (Å²) in [6, 6.07) is 34.6. The second kappa shape index (κ2) is 9.38. The topological polar surface area (TPSA) is 26.3 Å². The van der Waals surface area contributed by atoms with Crippen LogP contribution in [0.3, 0.4) is 0 Å². The van der Waals surface area contributed by atoms with Crippen molar-refractivity contribution >= 4 is 14.3 Å². The molecule has 0 spiro atoms. The SMILES string of the molecule is CC1(C(=O)O[Si](Cc2ccccc2)(Cc2ccccc2)Cc2ccccc2)CC2CC1C1C3C=CC(C3)C21. The molecule has 7 atom stereocenters. The van der Waals surface area contributed by atoms with E-state index in [2.05, 4.69) is 110 Å². The third-order valence-corrected chi connectivity index (χ3v) is 14.3. The fourth-order valence-electron chi connectivity index (χ4n) is 9.12. The largest absolute Gasteiger partial charge is 0.518 e. The number of rotatable bonds is 8. The van der Waals surface area contributed by atoms with Gasteiger partial charge in [-0.05, 0) is 78.4 Å². The molecule has 0 N–H and O–H groups in total. The van der Waals surface area contributed by atoms with Crippen molar-refractivity contribution in [3.63, 3.8) is 0 Å². The molecule has 0 heterocycles. The fraction of sp³-hybridized carbons (Fsp3) is 0.400. The Kier molecular flexibility index (Phi) is 5.96. The Morgan fingerprint density at radius 3 is 1.71 bits per heavy atom. The summed E-state index contributed by atoms with van der Waals surface area (Å²) in [5.41, 5.74) is 3.47. The first-order valence-electron chi connectivity index (χ1n) is 14.6. The molecule has 2 nitrogen and oxygen atoms in total. The lowest BCUT2D eigenvalue weighted by Crippen LogP contribution is -2.53. The van der Waals surface area contributed by atoms with Crippen LogP contribution in [0.25, 0.3) is 0 Å². The Labute approximate surface area is 228 Å². The van der Waals surface area contributed by atoms with Gasteiger partial charge in [0, 0.05) is 18.1 Å². The summed E-state index contributed by atoms with van der Waals surface area (Å²) >= 11 is 0. The summed E-state index contributed by atoms with van der Waals surface area (Å²) < 4.78 is 7.10. The van der Waals surface area contributed by atoms with E-state index in [4.69, 9.17) is 4.43 Å². The highest BCUT2D eigenvalue weighted by molar-refractivity contribution is 6.73. The molecule has 3 aromatic rings. The van der Waals surface area contributed by atoms with Crippen LogP contribution in [-0.4, -0.2) is 14.3 Å². The molecule has 0 aromatic heterocycles. The third-order valence-electron chi connectivity index (χ3n) is 10.5. The van der Waals surface area contributed by atoms with E-state index in [1.165, 1.54) is 29.5 Å². The van der Waals surface area contributed by atoms with Crippen molar-refractivity contribution in [3.05, 3.63) is 120 Å². The predicted octanol–water partition coefficient (Wildman–Crippen LogP) is 7.31. The number of hydrogen-bond acceptors (Lipinski definition) is 2. The second-order valence-electron chi connectivity index (χ2n) is 12.9. The van der Waals surface area contributed by atoms with Gasteiger partial charge in [-0.25, -0.2) is 0 Å². The van der Waals surface area contributed by atoms with E-state index >= 15 is 0 Å². The molecular weight excluding hydrogens is 480 g/mol. The lowest BCUT2D eigenvalue weighted by atomic mass is 9.63. The van der Waals surface area contributed by atoms with Crippen LogP contribution in [0, 0.1) is 40.9 Å². The Balaban J connectivity index is 1.24. The van der Waals surface area contributed by atoms with Crippen LogP contribution in [0.15, 0.2) is 103 Å². The van der Waals surface area contributed by atoms with Crippen molar-refractivity contribution in [2.45, 2.75) is 44.3 Å². The van der Waals surface area contributed by atoms with Crippen LogP contribution in [-0.2, 0) is 27.4 Å². The molecule has 3 fully saturated rings. The van der Waals surface area contributed by atoms with Crippen molar-refractivity contribution in [2.24, 2.45) is 40.9 Å². The third kappa shape index (κ3) is 4.11. The highest BCUT2D eigenvalue weighted by Crippen LogP contribution is 2.70. The minimum absolute atomic E-state index is 0.102. The summed E-state index contributed by atoms with van der Waals surface area (Å²) in [6.45, 7) is 2.26. The zero-order valence-electron chi connectivity index (χ0n) is 22.3. The average molecular weight is 519 g/mol. The van der Waals surface area contributed by atoms with E-state index in [0.29, 0.717) is 23.7 Å². The lowest BCUT2D eigenvalue weighted by Gasteiger charge is -2.44. The van der Waals surface area contributed by atoms with Crippen LogP contribution in [0.4, 0.5) is 0 Å². The Bertz CT molecular complexity index is 1220. The van der Waals surface area contributed by atoms with Gasteiger partial charge in [0.05, 0.1) is 5.41 Å². The Morgan fingerprint density at radius 2 is 1.21 bits per heavy atom. The van der Waals surface area contributed by atoms with E-state index in [1.807, 2.05) is 0 Å². The Morgan fingerprint density at radius 1 is 0.737 bits per heavy atom. The standard InChI is InChI=1S/C35H38O2Si/c1-35(21-30-20-31(35)33-29-18-17-28(19-29)32(30)33)34(36)37-38(22-25-11-5-2-6-12-25,23-26-13-7-3-8-14-26)24-27-15-9-4-10-16-27/h2-18,28-33H,19-24H2,1H3. The van der Waals surface area contributed by atoms with Crippen LogP contribution >= 0.6 is 0 Å². The van der Waals surface area contributed by atoms with Crippen LogP contribution in [0.1, 0.15) is 42.9 Å². The molecule has 3 heteroatoms. The maximum atomic E-state index is 14.5. The molecule has 0 amide bonds. The Hall–Kier alpha value is -2.91. The van der Waals surface area contributed by atoms with Gasteiger partial charge in [-0.15, -0.1) is 0 Å². The van der Waals surface area contributed by atoms with Gasteiger partial charge in [0.15, 0.2) is 0 Å². The normalized spacial score (nSPS) is 32.4. The van der Waals surface area contributed by atoms with E-state index in [-0.39, 0.29) is 11.4 Å². The summed E-state index contributed by atoms with van der Waals surface area (Å²) in [5.74, 6) is 4.23. The van der Waals surface area contributed by atoms with Crippen molar-refractivity contribution in [1.82, 2.24) is 0 Å². The molecule has 3 aromatic carbocycles. The van der Waals surface area contributed by atoms with Gasteiger partial charge in [-0.1, -0.05) is 103 Å². The van der Waals surface area contributed by atoms with Gasteiger partial charge in [0.2, 0.25) is 0 Å². The summed E-state index contributed by atoms with van der Waals surface area (Å²) in [7, 11) is -2.64. The van der Waals surface area contributed by atoms with Crippen molar-refractivity contribution in [3.8, 4) is 0 Å². The van der Waals surface area contributed by atoms with Crippen molar-refractivity contribution in [1.29, 1.82) is 0 Å². The van der Waals surface area contributed by atoms with Gasteiger partial charge in [0.1, 0.15) is 0 Å². The summed E-state index contributed by atoms with van der Waals surface area (Å²) in [6.07, 6.45) is 8.51. The second-order valence-corrected chi connectivity index (χ2v) is 16.5. The monoisotopic (exact) mass is 518 g/mol. The number of carbonyl (C=O) groups is 1. The first-order chi connectivity index (χ1) is 18.5. The maximum absolute atomic E-state index is 14.5. The number of benzene rings is 3. The smallest absolute Gasteiger partial charge is 0.298 e. The van der Waals surface area contributed by atoms with Crippen LogP contribution < -0.4 is 0 Å². The molecule has 38 heavy (non-hydrogen) atoms. The molecule has 4 bridgehead atoms. The lowest BCUT2D eigenvalue weighted by molar-refractivity contribution is -0.151. The van der Waals surface area contributed by atoms with Gasteiger partial charge in [-0.3, -0.25) is 4.79 Å². The minimum Gasteiger partial charge on any atom is -0.518 e. The number of fused-ring (bicyclic) bond motifs is 9. The molecule has 3 saturated carbocycles. The molecule has 7 unspecified atom stereocenters. The van der Waals surface area contributed by atoms with E-state index in [0.717, 1.165) is 36.4 Å². The first kappa shape index (κ1) is 24.1. The molecule has 4 aliphatic rings. The molecule has 0 radical (unpaired) electrons. The highest BCUT2D eigenvalue weighted by Gasteiger charge is 2.67. The van der Waals surface area contributed by atoms with E-state index in [1.54, 1.807) is 0 Å². The molecule has 0 aliphatic heterocycles. The van der Waals surface area contributed by atoms with Crippen molar-refractivity contribution < 1.29 is 9.22 Å². The number of carbonyl (C=O) groups excluding carboxylic acids is 1. The maximum Gasteiger partial charge on any atom is 0.298 e. The van der Waals surface area contributed by atoms with Crippen LogP contribution in [0.2, 0.25) is 0 Å². The van der Waals surface area contributed by atoms with E-state index in [9.17, 15) is 4.79 Å². The predicted molar refractivity (Wildman–Crippen MR) is 154 cm³/mol. The quantitative estimate of drug-likeness (QED) is 0.178. The van der Waals surface area contributed by atoms with Crippen molar-refractivity contribution in [2.75, 3.05) is 0 Å².